The maximum atomic E-state index is 12.0. The number of carbonyl (C=O) groups excluding carboxylic acids is 1. The summed E-state index contributed by atoms with van der Waals surface area (Å²) in [5.41, 5.74) is 2.83. The van der Waals surface area contributed by atoms with Crippen LogP contribution >= 0.6 is 0 Å². The Morgan fingerprint density at radius 2 is 2.00 bits per heavy atom. The second-order valence-corrected chi connectivity index (χ2v) is 7.57. The summed E-state index contributed by atoms with van der Waals surface area (Å²) in [4.78, 5) is 12.0. The van der Waals surface area contributed by atoms with Crippen LogP contribution in [0.5, 0.6) is 0 Å². The number of aryl methyl sites for hydroxylation is 2. The lowest BCUT2D eigenvalue weighted by atomic mass is 10.1. The van der Waals surface area contributed by atoms with Gasteiger partial charge in [0.1, 0.15) is 0 Å². The minimum atomic E-state index is -3.12. The lowest BCUT2D eigenvalue weighted by Gasteiger charge is -2.26. The second kappa shape index (κ2) is 6.58. The first kappa shape index (κ1) is 16.0. The molecule has 1 N–H and O–H groups in total. The number of nitrogens with one attached hydrogen (secondary N) is 1. The molecule has 0 aliphatic carbocycles. The van der Waals surface area contributed by atoms with Gasteiger partial charge in [-0.25, -0.2) is 12.7 Å². The normalized spacial score (nSPS) is 18.4. The lowest BCUT2D eigenvalue weighted by molar-refractivity contribution is 0.0951. The van der Waals surface area contributed by atoms with Crippen LogP contribution in [-0.4, -0.2) is 44.0 Å². The van der Waals surface area contributed by atoms with Gasteiger partial charge in [-0.3, -0.25) is 4.79 Å². The van der Waals surface area contributed by atoms with Gasteiger partial charge in [-0.2, -0.15) is 0 Å². The molecule has 1 aliphatic rings. The monoisotopic (exact) mass is 310 g/mol. The van der Waals surface area contributed by atoms with Gasteiger partial charge in [-0.1, -0.05) is 6.07 Å². The zero-order chi connectivity index (χ0) is 15.5. The molecule has 1 amide bonds. The summed E-state index contributed by atoms with van der Waals surface area (Å²) in [5, 5.41) is 2.79. The van der Waals surface area contributed by atoms with E-state index < -0.39 is 10.0 Å². The van der Waals surface area contributed by atoms with E-state index in [1.165, 1.54) is 4.31 Å². The lowest BCUT2D eigenvalue weighted by Crippen LogP contribution is -2.42. The Morgan fingerprint density at radius 1 is 1.24 bits per heavy atom. The summed E-state index contributed by atoms with van der Waals surface area (Å²) < 4.78 is 25.1. The molecule has 1 saturated heterocycles. The molecular formula is C15H22N2O3S. The molecule has 1 fully saturated rings. The topological polar surface area (TPSA) is 66.5 Å². The quantitative estimate of drug-likeness (QED) is 0.915. The summed E-state index contributed by atoms with van der Waals surface area (Å²) in [6.45, 7) is 5.20. The van der Waals surface area contributed by atoms with Gasteiger partial charge in [0, 0.05) is 25.2 Å². The second-order valence-electron chi connectivity index (χ2n) is 5.48. The van der Waals surface area contributed by atoms with Crippen molar-refractivity contribution in [2.45, 2.75) is 26.7 Å². The third-order valence-electron chi connectivity index (χ3n) is 3.87. The van der Waals surface area contributed by atoms with E-state index in [9.17, 15) is 13.2 Å². The smallest absolute Gasteiger partial charge is 0.251 e. The summed E-state index contributed by atoms with van der Waals surface area (Å²) in [6.07, 6.45) is 1.62. The van der Waals surface area contributed by atoms with Gasteiger partial charge in [0.15, 0.2) is 0 Å². The molecule has 2 rings (SSSR count). The van der Waals surface area contributed by atoms with Crippen molar-refractivity contribution in [3.63, 3.8) is 0 Å². The molecule has 6 heteroatoms. The SMILES string of the molecule is Cc1ccc(C(=O)NCCN2CCCCS2(=O)=O)cc1C. The van der Waals surface area contributed by atoms with Crippen LogP contribution in [-0.2, 0) is 10.0 Å². The fraction of sp³-hybridized carbons (Fsp3) is 0.533. The van der Waals surface area contributed by atoms with Crippen molar-refractivity contribution in [1.29, 1.82) is 0 Å². The van der Waals surface area contributed by atoms with Gasteiger partial charge >= 0.3 is 0 Å². The average Bonchev–Trinajstić information content (AvgIpc) is 2.43. The van der Waals surface area contributed by atoms with E-state index in [1.807, 2.05) is 26.0 Å². The number of hydrogen-bond donors (Lipinski definition) is 1. The van der Waals surface area contributed by atoms with E-state index in [0.29, 0.717) is 25.2 Å². The third-order valence-corrected chi connectivity index (χ3v) is 5.83. The molecule has 0 unspecified atom stereocenters. The molecule has 1 aliphatic heterocycles. The van der Waals surface area contributed by atoms with Crippen LogP contribution in [0.25, 0.3) is 0 Å². The van der Waals surface area contributed by atoms with E-state index in [-0.39, 0.29) is 11.7 Å². The molecule has 5 nitrogen and oxygen atoms in total. The van der Waals surface area contributed by atoms with Crippen molar-refractivity contribution in [2.75, 3.05) is 25.4 Å². The molecule has 116 valence electrons. The fourth-order valence-electron chi connectivity index (χ4n) is 2.37. The molecule has 1 aromatic rings. The molecule has 0 aromatic heterocycles. The van der Waals surface area contributed by atoms with Crippen molar-refractivity contribution in [3.8, 4) is 0 Å². The Kier molecular flexibility index (Phi) is 5.00. The molecule has 0 spiro atoms. The standard InChI is InChI=1S/C15H22N2O3S/c1-12-5-6-14(11-13(12)2)15(18)16-7-9-17-8-3-4-10-21(17,19)20/h5-6,11H,3-4,7-10H2,1-2H3,(H,16,18). The summed E-state index contributed by atoms with van der Waals surface area (Å²) in [7, 11) is -3.12. The first-order chi connectivity index (χ1) is 9.90. The van der Waals surface area contributed by atoms with Gasteiger partial charge < -0.3 is 5.32 Å². The number of sulfonamides is 1. The molecule has 1 aromatic carbocycles. The molecule has 0 atom stereocenters. The maximum Gasteiger partial charge on any atom is 0.251 e. The highest BCUT2D eigenvalue weighted by Gasteiger charge is 2.25. The number of carbonyl (C=O) groups is 1. The van der Waals surface area contributed by atoms with Crippen LogP contribution in [0.2, 0.25) is 0 Å². The Balaban J connectivity index is 1.88. The first-order valence-corrected chi connectivity index (χ1v) is 8.84. The van der Waals surface area contributed by atoms with E-state index in [2.05, 4.69) is 5.32 Å². The van der Waals surface area contributed by atoms with Crippen LogP contribution in [0.3, 0.4) is 0 Å². The summed E-state index contributed by atoms with van der Waals surface area (Å²) in [5.74, 6) is 0.0606. The largest absolute Gasteiger partial charge is 0.351 e. The Bertz CT molecular complexity index is 626. The Morgan fingerprint density at radius 3 is 2.67 bits per heavy atom. The van der Waals surface area contributed by atoms with Crippen LogP contribution in [0.1, 0.15) is 34.3 Å². The van der Waals surface area contributed by atoms with Gasteiger partial charge in [-0.15, -0.1) is 0 Å². The zero-order valence-corrected chi connectivity index (χ0v) is 13.4. The predicted octanol–water partition coefficient (Wildman–Crippen LogP) is 1.46. The van der Waals surface area contributed by atoms with Crippen molar-refractivity contribution in [2.24, 2.45) is 0 Å². The summed E-state index contributed by atoms with van der Waals surface area (Å²) in [6, 6.07) is 5.55. The highest BCUT2D eigenvalue weighted by atomic mass is 32.2. The van der Waals surface area contributed by atoms with Crippen LogP contribution in [0.4, 0.5) is 0 Å². The van der Waals surface area contributed by atoms with Crippen LogP contribution in [0, 0.1) is 13.8 Å². The molecule has 21 heavy (non-hydrogen) atoms. The number of benzene rings is 1. The predicted molar refractivity (Wildman–Crippen MR) is 82.8 cm³/mol. The van der Waals surface area contributed by atoms with Gasteiger partial charge in [0.25, 0.3) is 5.91 Å². The van der Waals surface area contributed by atoms with Crippen LogP contribution < -0.4 is 5.32 Å². The Labute approximate surface area is 126 Å². The first-order valence-electron chi connectivity index (χ1n) is 7.23. The summed E-state index contributed by atoms with van der Waals surface area (Å²) >= 11 is 0. The van der Waals surface area contributed by atoms with E-state index >= 15 is 0 Å². The van der Waals surface area contributed by atoms with E-state index in [1.54, 1.807) is 6.07 Å². The van der Waals surface area contributed by atoms with Gasteiger partial charge in [-0.05, 0) is 49.9 Å². The highest BCUT2D eigenvalue weighted by molar-refractivity contribution is 7.89. The van der Waals surface area contributed by atoms with Gasteiger partial charge in [0.2, 0.25) is 10.0 Å². The van der Waals surface area contributed by atoms with Crippen LogP contribution in [0.15, 0.2) is 18.2 Å². The van der Waals surface area contributed by atoms with Crippen molar-refractivity contribution >= 4 is 15.9 Å². The number of rotatable bonds is 4. The molecular weight excluding hydrogens is 288 g/mol. The van der Waals surface area contributed by atoms with Crippen molar-refractivity contribution in [1.82, 2.24) is 9.62 Å². The number of amides is 1. The molecule has 0 radical (unpaired) electrons. The fourth-order valence-corrected chi connectivity index (χ4v) is 3.97. The number of nitrogens with zero attached hydrogens (tertiary/aromatic N) is 1. The van der Waals surface area contributed by atoms with E-state index in [0.717, 1.165) is 24.0 Å². The Hall–Kier alpha value is -1.40. The average molecular weight is 310 g/mol. The zero-order valence-electron chi connectivity index (χ0n) is 12.6. The van der Waals surface area contributed by atoms with Crippen molar-refractivity contribution < 1.29 is 13.2 Å². The molecule has 0 bridgehead atoms. The number of hydrogen-bond acceptors (Lipinski definition) is 3. The molecule has 0 saturated carbocycles. The molecule has 1 heterocycles. The minimum Gasteiger partial charge on any atom is -0.351 e. The van der Waals surface area contributed by atoms with E-state index in [4.69, 9.17) is 0 Å². The highest BCUT2D eigenvalue weighted by Crippen LogP contribution is 2.13. The van der Waals surface area contributed by atoms with Gasteiger partial charge in [0.05, 0.1) is 5.75 Å². The maximum absolute atomic E-state index is 12.0. The minimum absolute atomic E-state index is 0.160. The third kappa shape index (κ3) is 4.04. The van der Waals surface area contributed by atoms with Crippen molar-refractivity contribution in [3.05, 3.63) is 34.9 Å².